The van der Waals surface area contributed by atoms with Gasteiger partial charge in [0.05, 0.1) is 13.2 Å². The summed E-state index contributed by atoms with van der Waals surface area (Å²) < 4.78 is 5.56. The molecule has 0 saturated heterocycles. The molecule has 1 rings (SSSR count). The Labute approximate surface area is 121 Å². The predicted octanol–water partition coefficient (Wildman–Crippen LogP) is 1.17. The van der Waals surface area contributed by atoms with Gasteiger partial charge in [-0.25, -0.2) is 0 Å². The number of guanidine groups is 1. The molecule has 0 aromatic heterocycles. The molecule has 0 bridgehead atoms. The molecular weight excluding hydrogens is 329 g/mol. The van der Waals surface area contributed by atoms with Crippen LogP contribution in [-0.2, 0) is 4.74 Å². The number of aliphatic imine (C=N–C) groups is 1. The molecular formula is C12H22IN3O. The van der Waals surface area contributed by atoms with E-state index in [9.17, 15) is 0 Å². The molecule has 0 aromatic carbocycles. The summed E-state index contributed by atoms with van der Waals surface area (Å²) in [6.45, 7) is 2.98. The van der Waals surface area contributed by atoms with Crippen LogP contribution in [0.2, 0.25) is 0 Å². The largest absolute Gasteiger partial charge is 0.379 e. The van der Waals surface area contributed by atoms with Crippen LogP contribution < -0.4 is 5.32 Å². The molecule has 1 aliphatic rings. The highest BCUT2D eigenvalue weighted by Gasteiger charge is 2.21. The summed E-state index contributed by atoms with van der Waals surface area (Å²) in [5.41, 5.74) is 0. The van der Waals surface area contributed by atoms with E-state index in [4.69, 9.17) is 11.2 Å². The average molecular weight is 351 g/mol. The molecule has 0 amide bonds. The van der Waals surface area contributed by atoms with Crippen LogP contribution in [0.3, 0.4) is 0 Å². The van der Waals surface area contributed by atoms with Gasteiger partial charge in [-0.1, -0.05) is 5.92 Å². The minimum atomic E-state index is 0. The zero-order chi connectivity index (χ0) is 11.8. The molecule has 98 valence electrons. The van der Waals surface area contributed by atoms with Crippen LogP contribution in [-0.4, -0.2) is 51.3 Å². The molecule has 4 nitrogen and oxygen atoms in total. The molecule has 0 radical (unpaired) electrons. The smallest absolute Gasteiger partial charge is 0.194 e. The normalized spacial score (nSPS) is 14.8. The van der Waals surface area contributed by atoms with E-state index in [2.05, 4.69) is 16.2 Å². The van der Waals surface area contributed by atoms with Gasteiger partial charge in [0.25, 0.3) is 0 Å². The molecule has 1 aliphatic carbocycles. The number of halogens is 1. The van der Waals surface area contributed by atoms with Crippen molar-refractivity contribution in [2.45, 2.75) is 12.8 Å². The van der Waals surface area contributed by atoms with Gasteiger partial charge < -0.3 is 15.0 Å². The van der Waals surface area contributed by atoms with E-state index in [0.29, 0.717) is 6.54 Å². The van der Waals surface area contributed by atoms with Crippen molar-refractivity contribution < 1.29 is 4.74 Å². The molecule has 0 aliphatic heterocycles. The summed E-state index contributed by atoms with van der Waals surface area (Å²) in [4.78, 5) is 6.15. The summed E-state index contributed by atoms with van der Waals surface area (Å²) in [5.74, 6) is 4.16. The summed E-state index contributed by atoms with van der Waals surface area (Å²) in [5, 5.41) is 3.07. The van der Waals surface area contributed by atoms with Gasteiger partial charge in [0.15, 0.2) is 5.96 Å². The van der Waals surface area contributed by atoms with E-state index in [0.717, 1.165) is 31.6 Å². The Hall–Kier alpha value is -0.480. The first kappa shape index (κ1) is 16.5. The van der Waals surface area contributed by atoms with E-state index in [1.165, 1.54) is 12.8 Å². The van der Waals surface area contributed by atoms with Crippen LogP contribution in [0.1, 0.15) is 12.8 Å². The number of terminal acetylenes is 1. The summed E-state index contributed by atoms with van der Waals surface area (Å²) >= 11 is 0. The maximum Gasteiger partial charge on any atom is 0.194 e. The average Bonchev–Trinajstić information content (AvgIpc) is 3.09. The lowest BCUT2D eigenvalue weighted by Gasteiger charge is -2.21. The molecule has 0 heterocycles. The maximum atomic E-state index is 5.56. The fourth-order valence-electron chi connectivity index (χ4n) is 1.36. The second-order valence-electron chi connectivity index (χ2n) is 4.04. The van der Waals surface area contributed by atoms with Crippen molar-refractivity contribution in [1.82, 2.24) is 10.2 Å². The van der Waals surface area contributed by atoms with Crippen LogP contribution in [0.15, 0.2) is 4.99 Å². The van der Waals surface area contributed by atoms with E-state index in [1.807, 2.05) is 11.9 Å². The van der Waals surface area contributed by atoms with Gasteiger partial charge in [-0.2, -0.15) is 0 Å². The Morgan fingerprint density at radius 1 is 1.59 bits per heavy atom. The number of ether oxygens (including phenoxy) is 1. The maximum absolute atomic E-state index is 5.56. The molecule has 17 heavy (non-hydrogen) atoms. The monoisotopic (exact) mass is 351 g/mol. The van der Waals surface area contributed by atoms with Crippen molar-refractivity contribution in [3.8, 4) is 12.3 Å². The number of nitrogens with one attached hydrogen (secondary N) is 1. The first-order chi connectivity index (χ1) is 7.77. The van der Waals surface area contributed by atoms with E-state index < -0.39 is 0 Å². The molecule has 0 spiro atoms. The fraction of sp³-hybridized carbons (Fsp3) is 0.750. The number of hydrogen-bond acceptors (Lipinski definition) is 2. The van der Waals surface area contributed by atoms with Gasteiger partial charge in [0, 0.05) is 27.2 Å². The quantitative estimate of drug-likeness (QED) is 0.257. The second kappa shape index (κ2) is 9.54. The molecule has 1 saturated carbocycles. The van der Waals surface area contributed by atoms with Crippen LogP contribution in [0, 0.1) is 18.3 Å². The number of nitrogens with zero attached hydrogens (tertiary/aromatic N) is 2. The molecule has 0 aromatic rings. The van der Waals surface area contributed by atoms with Gasteiger partial charge >= 0.3 is 0 Å². The van der Waals surface area contributed by atoms with Crippen molar-refractivity contribution in [2.75, 3.05) is 40.4 Å². The molecule has 0 atom stereocenters. The standard InChI is InChI=1S/C12H21N3O.HI/c1-4-7-14-12(13-2)15(3)8-9-16-10-11-5-6-11;/h1,11H,5-10H2,2-3H3,(H,13,14);1H. The third-order valence-electron chi connectivity index (χ3n) is 2.54. The van der Waals surface area contributed by atoms with Gasteiger partial charge in [0.1, 0.15) is 0 Å². The Morgan fingerprint density at radius 3 is 2.82 bits per heavy atom. The number of likely N-dealkylation sites (N-methyl/N-ethyl adjacent to an activating group) is 1. The van der Waals surface area contributed by atoms with E-state index in [-0.39, 0.29) is 24.0 Å². The molecule has 1 N–H and O–H groups in total. The molecule has 1 fully saturated rings. The summed E-state index contributed by atoms with van der Waals surface area (Å²) in [6.07, 6.45) is 7.85. The lowest BCUT2D eigenvalue weighted by atomic mass is 10.5. The first-order valence-electron chi connectivity index (χ1n) is 5.71. The van der Waals surface area contributed by atoms with Gasteiger partial charge in [0.2, 0.25) is 0 Å². The Morgan fingerprint density at radius 2 is 2.29 bits per heavy atom. The van der Waals surface area contributed by atoms with Gasteiger partial charge in [-0.05, 0) is 18.8 Å². The minimum Gasteiger partial charge on any atom is -0.379 e. The highest BCUT2D eigenvalue weighted by Crippen LogP contribution is 2.28. The minimum absolute atomic E-state index is 0. The Balaban J connectivity index is 0.00000256. The van der Waals surface area contributed by atoms with Crippen LogP contribution in [0.5, 0.6) is 0 Å². The predicted molar refractivity (Wildman–Crippen MR) is 81.8 cm³/mol. The number of rotatable bonds is 6. The summed E-state index contributed by atoms with van der Waals surface area (Å²) in [7, 11) is 3.73. The number of hydrogen-bond donors (Lipinski definition) is 1. The van der Waals surface area contributed by atoms with Crippen molar-refractivity contribution in [3.63, 3.8) is 0 Å². The van der Waals surface area contributed by atoms with Gasteiger partial charge in [-0.15, -0.1) is 30.4 Å². The highest BCUT2D eigenvalue weighted by molar-refractivity contribution is 14.0. The van der Waals surface area contributed by atoms with Crippen molar-refractivity contribution >= 4 is 29.9 Å². The van der Waals surface area contributed by atoms with Crippen molar-refractivity contribution in [3.05, 3.63) is 0 Å². The third kappa shape index (κ3) is 7.45. The van der Waals surface area contributed by atoms with Crippen LogP contribution >= 0.6 is 24.0 Å². The lowest BCUT2D eigenvalue weighted by molar-refractivity contribution is 0.115. The second-order valence-corrected chi connectivity index (χ2v) is 4.04. The van der Waals surface area contributed by atoms with E-state index in [1.54, 1.807) is 7.05 Å². The SMILES string of the molecule is C#CCNC(=NC)N(C)CCOCC1CC1.I. The Kier molecular flexibility index (Phi) is 9.27. The van der Waals surface area contributed by atoms with Gasteiger partial charge in [-0.3, -0.25) is 4.99 Å². The third-order valence-corrected chi connectivity index (χ3v) is 2.54. The first-order valence-corrected chi connectivity index (χ1v) is 5.71. The highest BCUT2D eigenvalue weighted by atomic mass is 127. The fourth-order valence-corrected chi connectivity index (χ4v) is 1.36. The van der Waals surface area contributed by atoms with Crippen LogP contribution in [0.25, 0.3) is 0 Å². The van der Waals surface area contributed by atoms with E-state index >= 15 is 0 Å². The summed E-state index contributed by atoms with van der Waals surface area (Å²) in [6, 6.07) is 0. The van der Waals surface area contributed by atoms with Crippen LogP contribution in [0.4, 0.5) is 0 Å². The van der Waals surface area contributed by atoms with Crippen molar-refractivity contribution in [2.24, 2.45) is 10.9 Å². The zero-order valence-corrected chi connectivity index (χ0v) is 12.9. The van der Waals surface area contributed by atoms with Crippen molar-refractivity contribution in [1.29, 1.82) is 0 Å². The lowest BCUT2D eigenvalue weighted by Crippen LogP contribution is -2.40. The zero-order valence-electron chi connectivity index (χ0n) is 10.6. The molecule has 0 unspecified atom stereocenters. The topological polar surface area (TPSA) is 36.9 Å². The molecule has 5 heteroatoms. The Bertz CT molecular complexity index is 271.